The molecule has 0 aliphatic carbocycles. The molecule has 1 atom stereocenters. The molecule has 7 heteroatoms. The first-order chi connectivity index (χ1) is 12.9. The summed E-state index contributed by atoms with van der Waals surface area (Å²) in [7, 11) is 1.58. The second-order valence-corrected chi connectivity index (χ2v) is 6.78. The molecule has 0 saturated carbocycles. The Bertz CT molecular complexity index is 872. The molecular formula is C20H26N4O3. The molecule has 0 unspecified atom stereocenters. The summed E-state index contributed by atoms with van der Waals surface area (Å²) < 4.78 is 7.18. The van der Waals surface area contributed by atoms with Crippen LogP contribution in [0.15, 0.2) is 18.2 Å². The number of anilines is 1. The van der Waals surface area contributed by atoms with Crippen molar-refractivity contribution in [1.82, 2.24) is 15.1 Å². The number of ether oxygens (including phenoxy) is 1. The van der Waals surface area contributed by atoms with Gasteiger partial charge in [0.25, 0.3) is 0 Å². The first kappa shape index (κ1) is 18.9. The van der Waals surface area contributed by atoms with Crippen LogP contribution in [0.1, 0.15) is 41.8 Å². The Labute approximate surface area is 159 Å². The Morgan fingerprint density at radius 3 is 2.85 bits per heavy atom. The van der Waals surface area contributed by atoms with Gasteiger partial charge in [-0.3, -0.25) is 14.3 Å². The maximum absolute atomic E-state index is 12.7. The highest BCUT2D eigenvalue weighted by atomic mass is 16.5. The van der Waals surface area contributed by atoms with Crippen molar-refractivity contribution in [3.8, 4) is 5.75 Å². The van der Waals surface area contributed by atoms with Crippen molar-refractivity contribution in [2.24, 2.45) is 0 Å². The van der Waals surface area contributed by atoms with Crippen LogP contribution in [0.4, 0.5) is 5.69 Å². The Morgan fingerprint density at radius 1 is 1.41 bits per heavy atom. The number of benzene rings is 1. The van der Waals surface area contributed by atoms with Crippen molar-refractivity contribution in [2.45, 2.75) is 46.1 Å². The lowest BCUT2D eigenvalue weighted by molar-refractivity contribution is -0.126. The number of rotatable bonds is 6. The van der Waals surface area contributed by atoms with Gasteiger partial charge in [0, 0.05) is 24.3 Å². The number of fused-ring (bicyclic) bond motifs is 1. The van der Waals surface area contributed by atoms with Gasteiger partial charge in [-0.25, -0.2) is 0 Å². The summed E-state index contributed by atoms with van der Waals surface area (Å²) in [5.74, 6) is -0.163. The quantitative estimate of drug-likeness (QED) is 0.817. The summed E-state index contributed by atoms with van der Waals surface area (Å²) in [6.45, 7) is 7.23. The molecular weight excluding hydrogens is 344 g/mol. The Hall–Kier alpha value is -2.83. The van der Waals surface area contributed by atoms with E-state index in [4.69, 9.17) is 4.74 Å². The maximum Gasteiger partial charge on any atom is 0.228 e. The van der Waals surface area contributed by atoms with E-state index in [1.807, 2.05) is 17.7 Å². The molecule has 0 radical (unpaired) electrons. The molecule has 0 bridgehead atoms. The van der Waals surface area contributed by atoms with E-state index >= 15 is 0 Å². The van der Waals surface area contributed by atoms with Gasteiger partial charge >= 0.3 is 0 Å². The number of hydrogen-bond donors (Lipinski definition) is 2. The van der Waals surface area contributed by atoms with Gasteiger partial charge in [-0.1, -0.05) is 6.92 Å². The van der Waals surface area contributed by atoms with Gasteiger partial charge in [-0.2, -0.15) is 5.10 Å². The highest BCUT2D eigenvalue weighted by molar-refractivity contribution is 6.01. The molecule has 7 nitrogen and oxygen atoms in total. The van der Waals surface area contributed by atoms with Gasteiger partial charge in [-0.05, 0) is 49.6 Å². The van der Waals surface area contributed by atoms with Crippen LogP contribution >= 0.6 is 0 Å². The largest absolute Gasteiger partial charge is 0.497 e. The smallest absolute Gasteiger partial charge is 0.228 e. The molecule has 1 aromatic heterocycles. The van der Waals surface area contributed by atoms with E-state index in [-0.39, 0.29) is 18.2 Å². The summed E-state index contributed by atoms with van der Waals surface area (Å²) in [6, 6.07) is 5.36. The number of hydrogen-bond acceptors (Lipinski definition) is 4. The minimum absolute atomic E-state index is 0.131. The number of aromatic nitrogens is 2. The van der Waals surface area contributed by atoms with E-state index in [9.17, 15) is 9.59 Å². The van der Waals surface area contributed by atoms with Crippen molar-refractivity contribution in [2.75, 3.05) is 19.0 Å². The number of carbonyl (C=O) groups is 2. The van der Waals surface area contributed by atoms with Crippen molar-refractivity contribution in [3.63, 3.8) is 0 Å². The fraction of sp³-hybridized carbons (Fsp3) is 0.450. The van der Waals surface area contributed by atoms with Gasteiger partial charge in [0.15, 0.2) is 0 Å². The molecule has 0 spiro atoms. The predicted molar refractivity (Wildman–Crippen MR) is 103 cm³/mol. The van der Waals surface area contributed by atoms with Crippen LogP contribution in [0.5, 0.6) is 5.75 Å². The lowest BCUT2D eigenvalue weighted by Gasteiger charge is -2.25. The number of nitrogens with one attached hydrogen (secondary N) is 2. The molecule has 2 aromatic rings. The van der Waals surface area contributed by atoms with Gasteiger partial charge in [-0.15, -0.1) is 0 Å². The van der Waals surface area contributed by atoms with Crippen molar-refractivity contribution >= 4 is 17.5 Å². The molecule has 1 aliphatic heterocycles. The number of methoxy groups -OCH3 is 1. The van der Waals surface area contributed by atoms with E-state index in [0.29, 0.717) is 24.5 Å². The highest BCUT2D eigenvalue weighted by Crippen LogP contribution is 2.34. The fourth-order valence-electron chi connectivity index (χ4n) is 3.67. The lowest BCUT2D eigenvalue weighted by atomic mass is 9.89. The average Bonchev–Trinajstić information content (AvgIpc) is 2.93. The Balaban J connectivity index is 1.69. The summed E-state index contributed by atoms with van der Waals surface area (Å²) in [4.78, 5) is 24.7. The Kier molecular flexibility index (Phi) is 5.48. The highest BCUT2D eigenvalue weighted by Gasteiger charge is 2.31. The molecule has 2 amide bonds. The Morgan fingerprint density at radius 2 is 2.19 bits per heavy atom. The first-order valence-electron chi connectivity index (χ1n) is 9.23. The zero-order valence-corrected chi connectivity index (χ0v) is 16.3. The molecule has 0 saturated heterocycles. The number of aryl methyl sites for hydroxylation is 1. The van der Waals surface area contributed by atoms with Crippen molar-refractivity contribution in [3.05, 3.63) is 40.7 Å². The third kappa shape index (κ3) is 3.82. The second kappa shape index (κ2) is 7.82. The third-order valence-corrected chi connectivity index (χ3v) is 5.12. The van der Waals surface area contributed by atoms with Gasteiger partial charge in [0.1, 0.15) is 5.75 Å². The molecule has 144 valence electrons. The predicted octanol–water partition coefficient (Wildman–Crippen LogP) is 2.31. The van der Waals surface area contributed by atoms with E-state index in [1.54, 1.807) is 19.2 Å². The monoisotopic (exact) mass is 370 g/mol. The van der Waals surface area contributed by atoms with Crippen LogP contribution < -0.4 is 15.4 Å². The summed E-state index contributed by atoms with van der Waals surface area (Å²) >= 11 is 0. The molecule has 1 aliphatic rings. The van der Waals surface area contributed by atoms with Crippen LogP contribution in [0.2, 0.25) is 0 Å². The molecule has 27 heavy (non-hydrogen) atoms. The molecule has 3 rings (SSSR count). The van der Waals surface area contributed by atoms with Crippen LogP contribution in [0.3, 0.4) is 0 Å². The van der Waals surface area contributed by atoms with Crippen LogP contribution in [0, 0.1) is 13.8 Å². The third-order valence-electron chi connectivity index (χ3n) is 5.12. The molecule has 0 fully saturated rings. The summed E-state index contributed by atoms with van der Waals surface area (Å²) in [6.07, 6.45) is 1.08. The second-order valence-electron chi connectivity index (χ2n) is 6.78. The lowest BCUT2D eigenvalue weighted by Crippen LogP contribution is -2.36. The zero-order valence-electron chi connectivity index (χ0n) is 16.3. The van der Waals surface area contributed by atoms with E-state index in [1.165, 1.54) is 5.56 Å². The average molecular weight is 370 g/mol. The molecule has 1 aromatic carbocycles. The van der Waals surface area contributed by atoms with Crippen molar-refractivity contribution < 1.29 is 14.3 Å². The van der Waals surface area contributed by atoms with Crippen LogP contribution in [-0.4, -0.2) is 35.2 Å². The SMILES string of the molecule is CCc1c(C)nn(CCNC(=O)[C@H]2CC(=O)Nc3ccc(OC)cc32)c1C. The van der Waals surface area contributed by atoms with Crippen LogP contribution in [-0.2, 0) is 22.6 Å². The minimum atomic E-state index is -0.518. The van der Waals surface area contributed by atoms with E-state index in [0.717, 1.165) is 23.4 Å². The van der Waals surface area contributed by atoms with E-state index in [2.05, 4.69) is 29.6 Å². The summed E-state index contributed by atoms with van der Waals surface area (Å²) in [5.41, 5.74) is 4.87. The van der Waals surface area contributed by atoms with Gasteiger partial charge in [0.05, 0.1) is 25.3 Å². The minimum Gasteiger partial charge on any atom is -0.497 e. The molecule has 2 N–H and O–H groups in total. The topological polar surface area (TPSA) is 85.2 Å². The maximum atomic E-state index is 12.7. The number of nitrogens with zero attached hydrogens (tertiary/aromatic N) is 2. The van der Waals surface area contributed by atoms with Gasteiger partial charge < -0.3 is 15.4 Å². The van der Waals surface area contributed by atoms with Crippen molar-refractivity contribution in [1.29, 1.82) is 0 Å². The number of carbonyl (C=O) groups excluding carboxylic acids is 2. The van der Waals surface area contributed by atoms with Gasteiger partial charge in [0.2, 0.25) is 11.8 Å². The fourth-order valence-corrected chi connectivity index (χ4v) is 3.67. The number of amides is 2. The normalized spacial score (nSPS) is 15.9. The van der Waals surface area contributed by atoms with Crippen LogP contribution in [0.25, 0.3) is 0 Å². The molecule has 2 heterocycles. The zero-order chi connectivity index (χ0) is 19.6. The first-order valence-corrected chi connectivity index (χ1v) is 9.23. The summed E-state index contributed by atoms with van der Waals surface area (Å²) in [5, 5.41) is 10.3. The van der Waals surface area contributed by atoms with E-state index < -0.39 is 5.92 Å². The standard InChI is InChI=1S/C20H26N4O3/c1-5-15-12(2)23-24(13(15)3)9-8-21-20(26)17-11-19(25)22-18-7-6-14(27-4)10-16(17)18/h6-7,10,17H,5,8-9,11H2,1-4H3,(H,21,26)(H,22,25)/t17-/m0/s1.